The second-order valence-corrected chi connectivity index (χ2v) is 7.04. The van der Waals surface area contributed by atoms with Crippen LogP contribution in [0.15, 0.2) is 48.5 Å². The van der Waals surface area contributed by atoms with Crippen molar-refractivity contribution in [3.8, 4) is 5.75 Å². The van der Waals surface area contributed by atoms with Crippen LogP contribution in [-0.2, 0) is 9.59 Å². The van der Waals surface area contributed by atoms with Gasteiger partial charge in [-0.05, 0) is 42.8 Å². The Morgan fingerprint density at radius 1 is 1.23 bits per heavy atom. The number of rotatable bonds is 5. The highest BCUT2D eigenvalue weighted by Gasteiger charge is 2.39. The predicted molar refractivity (Wildman–Crippen MR) is 104 cm³/mol. The molecule has 0 aliphatic carbocycles. The predicted octanol–water partition coefficient (Wildman–Crippen LogP) is 3.42. The number of carbonyl (C=O) groups excluding carboxylic acids is 2. The van der Waals surface area contributed by atoms with Gasteiger partial charge in [0.2, 0.25) is 11.8 Å². The van der Waals surface area contributed by atoms with Crippen molar-refractivity contribution in [2.24, 2.45) is 0 Å². The summed E-state index contributed by atoms with van der Waals surface area (Å²) in [6.45, 7) is 1.89. The van der Waals surface area contributed by atoms with Gasteiger partial charge in [0, 0.05) is 12.1 Å². The van der Waals surface area contributed by atoms with E-state index in [1.54, 1.807) is 31.4 Å². The maximum Gasteiger partial charge on any atom is 0.247 e. The van der Waals surface area contributed by atoms with Gasteiger partial charge in [0.15, 0.2) is 5.17 Å². The lowest BCUT2D eigenvalue weighted by atomic mass is 10.1. The minimum atomic E-state index is -0.597. The van der Waals surface area contributed by atoms with Crippen molar-refractivity contribution < 1.29 is 14.3 Å². The Labute approximate surface area is 156 Å². The molecule has 134 valence electrons. The third-order valence-corrected chi connectivity index (χ3v) is 5.11. The molecule has 7 heteroatoms. The number of methoxy groups -OCH3 is 1. The molecule has 0 spiro atoms. The lowest BCUT2D eigenvalue weighted by molar-refractivity contribution is -0.121. The molecule has 3 rings (SSSR count). The molecule has 1 aliphatic rings. The van der Waals surface area contributed by atoms with Gasteiger partial charge in [-0.15, -0.1) is 0 Å². The molecular formula is C19H19N3O3S. The molecule has 2 N–H and O–H groups in total. The number of nitrogens with zero attached hydrogens (tertiary/aromatic N) is 1. The van der Waals surface area contributed by atoms with Gasteiger partial charge in [-0.1, -0.05) is 30.0 Å². The first kappa shape index (κ1) is 18.0. The maximum absolute atomic E-state index is 12.7. The standard InChI is InChI=1S/C19H19N3O3S/c1-12-5-3-4-6-15(12)22-18(24)16(26-19(22)20)11-17(23)21-13-7-9-14(25-2)10-8-13/h3-10,16,20H,11H2,1-2H3,(H,21,23). The van der Waals surface area contributed by atoms with Gasteiger partial charge in [0.25, 0.3) is 0 Å². The van der Waals surface area contributed by atoms with Crippen LogP contribution in [0, 0.1) is 12.3 Å². The van der Waals surface area contributed by atoms with Crippen molar-refractivity contribution in [1.82, 2.24) is 0 Å². The van der Waals surface area contributed by atoms with Crippen molar-refractivity contribution in [2.45, 2.75) is 18.6 Å². The topological polar surface area (TPSA) is 82.5 Å². The van der Waals surface area contributed by atoms with E-state index in [1.165, 1.54) is 4.90 Å². The van der Waals surface area contributed by atoms with Crippen LogP contribution in [0.5, 0.6) is 5.75 Å². The van der Waals surface area contributed by atoms with E-state index in [9.17, 15) is 9.59 Å². The number of thioether (sulfide) groups is 1. The molecule has 1 heterocycles. The molecule has 2 amide bonds. The molecule has 0 aromatic heterocycles. The van der Waals surface area contributed by atoms with E-state index in [1.807, 2.05) is 31.2 Å². The first-order chi connectivity index (χ1) is 12.5. The Morgan fingerprint density at radius 2 is 1.92 bits per heavy atom. The summed E-state index contributed by atoms with van der Waals surface area (Å²) >= 11 is 1.11. The van der Waals surface area contributed by atoms with Crippen LogP contribution in [0.3, 0.4) is 0 Å². The van der Waals surface area contributed by atoms with E-state index in [0.717, 1.165) is 17.3 Å². The molecule has 2 aromatic carbocycles. The van der Waals surface area contributed by atoms with Gasteiger partial charge in [-0.2, -0.15) is 0 Å². The number of ether oxygens (including phenoxy) is 1. The summed E-state index contributed by atoms with van der Waals surface area (Å²) in [6.07, 6.45) is 0.0142. The molecule has 1 fully saturated rings. The zero-order valence-corrected chi connectivity index (χ0v) is 15.3. The Balaban J connectivity index is 1.66. The minimum Gasteiger partial charge on any atom is -0.497 e. The average molecular weight is 369 g/mol. The normalized spacial score (nSPS) is 16.7. The van der Waals surface area contributed by atoms with E-state index in [-0.39, 0.29) is 23.4 Å². The first-order valence-electron chi connectivity index (χ1n) is 8.08. The number of hydrogen-bond acceptors (Lipinski definition) is 5. The molecule has 1 unspecified atom stereocenters. The highest BCUT2D eigenvalue weighted by atomic mass is 32.2. The van der Waals surface area contributed by atoms with Crippen molar-refractivity contribution >= 4 is 40.1 Å². The van der Waals surface area contributed by atoms with E-state index in [2.05, 4.69) is 5.32 Å². The third-order valence-electron chi connectivity index (χ3n) is 4.05. The Hall–Kier alpha value is -2.80. The molecule has 0 saturated carbocycles. The molecule has 1 atom stereocenters. The molecule has 1 aliphatic heterocycles. The fourth-order valence-electron chi connectivity index (χ4n) is 2.71. The zero-order valence-electron chi connectivity index (χ0n) is 14.5. The second kappa shape index (κ2) is 7.61. The summed E-state index contributed by atoms with van der Waals surface area (Å²) in [5.41, 5.74) is 2.24. The number of benzene rings is 2. The number of amides is 2. The van der Waals surface area contributed by atoms with Gasteiger partial charge in [0.1, 0.15) is 11.0 Å². The van der Waals surface area contributed by atoms with Gasteiger partial charge in [-0.3, -0.25) is 19.9 Å². The van der Waals surface area contributed by atoms with E-state index < -0.39 is 5.25 Å². The number of hydrogen-bond donors (Lipinski definition) is 2. The smallest absolute Gasteiger partial charge is 0.247 e. The van der Waals surface area contributed by atoms with Crippen LogP contribution in [0.2, 0.25) is 0 Å². The van der Waals surface area contributed by atoms with Gasteiger partial charge < -0.3 is 10.1 Å². The average Bonchev–Trinajstić information content (AvgIpc) is 2.90. The van der Waals surface area contributed by atoms with Crippen LogP contribution in [0.25, 0.3) is 0 Å². The van der Waals surface area contributed by atoms with E-state index in [4.69, 9.17) is 10.1 Å². The summed E-state index contributed by atoms with van der Waals surface area (Å²) < 4.78 is 5.08. The summed E-state index contributed by atoms with van der Waals surface area (Å²) in [7, 11) is 1.58. The van der Waals surface area contributed by atoms with Crippen LogP contribution < -0.4 is 15.0 Å². The monoisotopic (exact) mass is 369 g/mol. The van der Waals surface area contributed by atoms with Crippen LogP contribution in [0.4, 0.5) is 11.4 Å². The van der Waals surface area contributed by atoms with Crippen molar-refractivity contribution in [3.63, 3.8) is 0 Å². The summed E-state index contributed by atoms with van der Waals surface area (Å²) in [5, 5.41) is 10.5. The number of nitrogens with one attached hydrogen (secondary N) is 2. The highest BCUT2D eigenvalue weighted by Crippen LogP contribution is 2.34. The molecule has 2 aromatic rings. The summed E-state index contributed by atoms with van der Waals surface area (Å²) in [4.78, 5) is 26.4. The quantitative estimate of drug-likeness (QED) is 0.846. The summed E-state index contributed by atoms with van der Waals surface area (Å²) in [5.74, 6) is 0.200. The number of para-hydroxylation sites is 1. The number of amidine groups is 1. The number of aryl methyl sites for hydroxylation is 1. The van der Waals surface area contributed by atoms with Crippen molar-refractivity contribution in [3.05, 3.63) is 54.1 Å². The van der Waals surface area contributed by atoms with E-state index in [0.29, 0.717) is 17.1 Å². The highest BCUT2D eigenvalue weighted by molar-refractivity contribution is 8.16. The molecule has 0 radical (unpaired) electrons. The van der Waals surface area contributed by atoms with Gasteiger partial charge >= 0.3 is 0 Å². The molecule has 6 nitrogen and oxygen atoms in total. The third kappa shape index (κ3) is 3.72. The Bertz CT molecular complexity index is 851. The molecular weight excluding hydrogens is 350 g/mol. The minimum absolute atomic E-state index is 0.0142. The van der Waals surface area contributed by atoms with Gasteiger partial charge in [0.05, 0.1) is 12.8 Å². The SMILES string of the molecule is COc1ccc(NC(=O)CC2SC(=N)N(c3ccccc3C)C2=O)cc1. The van der Waals surface area contributed by atoms with Crippen LogP contribution in [-0.4, -0.2) is 29.3 Å². The van der Waals surface area contributed by atoms with Gasteiger partial charge in [-0.25, -0.2) is 0 Å². The fourth-order valence-corrected chi connectivity index (χ4v) is 3.71. The lowest BCUT2D eigenvalue weighted by Crippen LogP contribution is -2.33. The fraction of sp³-hybridized carbons (Fsp3) is 0.211. The Kier molecular flexibility index (Phi) is 5.27. The lowest BCUT2D eigenvalue weighted by Gasteiger charge is -2.17. The molecule has 1 saturated heterocycles. The van der Waals surface area contributed by atoms with Crippen LogP contribution in [0.1, 0.15) is 12.0 Å². The van der Waals surface area contributed by atoms with Crippen molar-refractivity contribution in [2.75, 3.05) is 17.3 Å². The number of anilines is 2. The molecule has 26 heavy (non-hydrogen) atoms. The number of carbonyl (C=O) groups is 2. The van der Waals surface area contributed by atoms with E-state index >= 15 is 0 Å². The Morgan fingerprint density at radius 3 is 2.58 bits per heavy atom. The summed E-state index contributed by atoms with van der Waals surface area (Å²) in [6, 6.07) is 14.4. The second-order valence-electron chi connectivity index (χ2n) is 5.85. The zero-order chi connectivity index (χ0) is 18.7. The maximum atomic E-state index is 12.7. The molecule has 0 bridgehead atoms. The first-order valence-corrected chi connectivity index (χ1v) is 8.96. The van der Waals surface area contributed by atoms with Crippen molar-refractivity contribution in [1.29, 1.82) is 5.41 Å². The largest absolute Gasteiger partial charge is 0.497 e. The van der Waals surface area contributed by atoms with Crippen LogP contribution >= 0.6 is 11.8 Å².